The van der Waals surface area contributed by atoms with Crippen molar-refractivity contribution in [1.82, 2.24) is 4.90 Å². The minimum atomic E-state index is -2.18. The number of carbonyl (C=O) groups is 1. The van der Waals surface area contributed by atoms with Crippen LogP contribution in [0, 0.1) is 0 Å². The molecule has 0 heterocycles. The monoisotopic (exact) mass is 207 g/mol. The van der Waals surface area contributed by atoms with Crippen LogP contribution < -0.4 is 0 Å². The first-order valence-electron chi connectivity index (χ1n) is 4.17. The second kappa shape index (κ2) is 4.81. The van der Waals surface area contributed by atoms with Gasteiger partial charge in [-0.3, -0.25) is 4.90 Å². The number of hydrogen-bond acceptors (Lipinski definition) is 6. The Morgan fingerprint density at radius 3 is 1.93 bits per heavy atom. The van der Waals surface area contributed by atoms with E-state index in [-0.39, 0.29) is 6.29 Å². The standard InChI is InChI=1S/C8H17NO5/c1-5(11)7(13)8(14,9(2)3)6(12)4-10/h4-7,11-14H,1-3H3/t5-,6+,7-,8-/m1/s1. The lowest BCUT2D eigenvalue weighted by Gasteiger charge is -2.41. The summed E-state index contributed by atoms with van der Waals surface area (Å²) < 4.78 is 0. The minimum absolute atomic E-state index is 0.103. The van der Waals surface area contributed by atoms with Crippen molar-refractivity contribution in [3.05, 3.63) is 0 Å². The van der Waals surface area contributed by atoms with E-state index in [2.05, 4.69) is 0 Å². The fraction of sp³-hybridized carbons (Fsp3) is 0.875. The third-order valence-corrected chi connectivity index (χ3v) is 2.17. The molecule has 0 radical (unpaired) electrons. The highest BCUT2D eigenvalue weighted by Crippen LogP contribution is 2.20. The molecule has 4 N–H and O–H groups in total. The molecule has 0 spiro atoms. The second-order valence-electron chi connectivity index (χ2n) is 3.44. The van der Waals surface area contributed by atoms with Gasteiger partial charge in [0.2, 0.25) is 0 Å². The molecule has 0 aliphatic rings. The Morgan fingerprint density at radius 2 is 1.71 bits per heavy atom. The zero-order valence-electron chi connectivity index (χ0n) is 8.45. The Bertz CT molecular complexity index is 196. The zero-order valence-corrected chi connectivity index (χ0v) is 8.45. The normalized spacial score (nSPS) is 22.6. The highest BCUT2D eigenvalue weighted by atomic mass is 16.4. The molecule has 6 nitrogen and oxygen atoms in total. The number of aldehydes is 1. The van der Waals surface area contributed by atoms with E-state index >= 15 is 0 Å². The summed E-state index contributed by atoms with van der Waals surface area (Å²) in [5.74, 6) is 0. The number of aliphatic hydroxyl groups is 4. The van der Waals surface area contributed by atoms with Crippen molar-refractivity contribution in [1.29, 1.82) is 0 Å². The summed E-state index contributed by atoms with van der Waals surface area (Å²) in [4.78, 5) is 11.4. The Kier molecular flexibility index (Phi) is 4.63. The zero-order chi connectivity index (χ0) is 11.5. The van der Waals surface area contributed by atoms with Gasteiger partial charge in [-0.2, -0.15) is 0 Å². The molecule has 14 heavy (non-hydrogen) atoms. The Labute approximate surface area is 82.4 Å². The molecule has 0 saturated heterocycles. The van der Waals surface area contributed by atoms with Gasteiger partial charge in [0, 0.05) is 0 Å². The van der Waals surface area contributed by atoms with Crippen LogP contribution in [0.3, 0.4) is 0 Å². The van der Waals surface area contributed by atoms with Crippen LogP contribution in [0.15, 0.2) is 0 Å². The van der Waals surface area contributed by atoms with E-state index in [4.69, 9.17) is 5.11 Å². The van der Waals surface area contributed by atoms with Gasteiger partial charge >= 0.3 is 0 Å². The molecule has 0 aliphatic heterocycles. The molecule has 0 amide bonds. The third kappa shape index (κ3) is 2.28. The number of nitrogens with zero attached hydrogens (tertiary/aromatic N) is 1. The van der Waals surface area contributed by atoms with Crippen LogP contribution in [0.25, 0.3) is 0 Å². The van der Waals surface area contributed by atoms with Gasteiger partial charge in [-0.1, -0.05) is 0 Å². The molecule has 0 aromatic rings. The largest absolute Gasteiger partial charge is 0.391 e. The highest BCUT2D eigenvalue weighted by Gasteiger charge is 2.47. The van der Waals surface area contributed by atoms with Gasteiger partial charge < -0.3 is 25.2 Å². The molecular formula is C8H17NO5. The maximum Gasteiger partial charge on any atom is 0.180 e. The van der Waals surface area contributed by atoms with E-state index < -0.39 is 24.0 Å². The lowest BCUT2D eigenvalue weighted by molar-refractivity contribution is -0.231. The second-order valence-corrected chi connectivity index (χ2v) is 3.44. The smallest absolute Gasteiger partial charge is 0.180 e. The van der Waals surface area contributed by atoms with Crippen LogP contribution in [-0.2, 0) is 4.79 Å². The van der Waals surface area contributed by atoms with E-state index in [1.807, 2.05) is 0 Å². The van der Waals surface area contributed by atoms with Crippen LogP contribution in [0.1, 0.15) is 6.92 Å². The summed E-state index contributed by atoms with van der Waals surface area (Å²) in [6, 6.07) is 0. The fourth-order valence-corrected chi connectivity index (χ4v) is 1.16. The number of likely N-dealkylation sites (N-methyl/N-ethyl adjacent to an activating group) is 1. The topological polar surface area (TPSA) is 101 Å². The first-order chi connectivity index (χ1) is 6.28. The summed E-state index contributed by atoms with van der Waals surface area (Å²) in [6.07, 6.45) is -4.59. The summed E-state index contributed by atoms with van der Waals surface area (Å²) in [5, 5.41) is 37.6. The Morgan fingerprint density at radius 1 is 1.29 bits per heavy atom. The first-order valence-corrected chi connectivity index (χ1v) is 4.17. The highest BCUT2D eigenvalue weighted by molar-refractivity contribution is 5.58. The van der Waals surface area contributed by atoms with Crippen molar-refractivity contribution in [3.8, 4) is 0 Å². The molecule has 0 saturated carbocycles. The summed E-state index contributed by atoms with van der Waals surface area (Å²) in [7, 11) is 2.75. The van der Waals surface area contributed by atoms with Crippen LogP contribution in [-0.4, -0.2) is 69.7 Å². The number of rotatable bonds is 5. The van der Waals surface area contributed by atoms with Gasteiger partial charge in [0.05, 0.1) is 6.10 Å². The van der Waals surface area contributed by atoms with Crippen molar-refractivity contribution in [2.24, 2.45) is 0 Å². The molecule has 0 aliphatic carbocycles. The number of carbonyl (C=O) groups excluding carboxylic acids is 1. The van der Waals surface area contributed by atoms with Crippen LogP contribution in [0.4, 0.5) is 0 Å². The fourth-order valence-electron chi connectivity index (χ4n) is 1.16. The predicted octanol–water partition coefficient (Wildman–Crippen LogP) is -2.46. The van der Waals surface area contributed by atoms with Crippen LogP contribution in [0.5, 0.6) is 0 Å². The van der Waals surface area contributed by atoms with E-state index in [1.165, 1.54) is 21.0 Å². The first kappa shape index (κ1) is 13.5. The van der Waals surface area contributed by atoms with Gasteiger partial charge in [-0.05, 0) is 21.0 Å². The lowest BCUT2D eigenvalue weighted by Crippen LogP contribution is -2.64. The Balaban J connectivity index is 4.98. The third-order valence-electron chi connectivity index (χ3n) is 2.17. The van der Waals surface area contributed by atoms with Crippen molar-refractivity contribution < 1.29 is 25.2 Å². The number of aliphatic hydroxyl groups excluding tert-OH is 3. The van der Waals surface area contributed by atoms with Crippen molar-refractivity contribution in [2.45, 2.75) is 31.0 Å². The van der Waals surface area contributed by atoms with Gasteiger partial charge in [-0.25, -0.2) is 0 Å². The van der Waals surface area contributed by atoms with E-state index in [0.29, 0.717) is 0 Å². The average molecular weight is 207 g/mol. The molecule has 4 atom stereocenters. The van der Waals surface area contributed by atoms with Crippen LogP contribution in [0.2, 0.25) is 0 Å². The summed E-state index contributed by atoms with van der Waals surface area (Å²) in [6.45, 7) is 1.25. The molecule has 0 aromatic carbocycles. The lowest BCUT2D eigenvalue weighted by atomic mass is 9.95. The minimum Gasteiger partial charge on any atom is -0.391 e. The van der Waals surface area contributed by atoms with Gasteiger partial charge in [0.1, 0.15) is 6.10 Å². The molecule has 0 unspecified atom stereocenters. The Hall–Kier alpha value is -0.530. The van der Waals surface area contributed by atoms with E-state index in [1.54, 1.807) is 0 Å². The molecule has 0 rings (SSSR count). The van der Waals surface area contributed by atoms with Crippen molar-refractivity contribution in [2.75, 3.05) is 14.1 Å². The maximum atomic E-state index is 10.4. The van der Waals surface area contributed by atoms with Gasteiger partial charge in [0.25, 0.3) is 0 Å². The molecule has 0 bridgehead atoms. The SMILES string of the molecule is C[C@@H](O)[C@@H](O)[C@](O)([C@@H](O)C=O)N(C)C. The summed E-state index contributed by atoms with van der Waals surface area (Å²) in [5.41, 5.74) is -2.18. The molecule has 6 heteroatoms. The van der Waals surface area contributed by atoms with Crippen LogP contribution >= 0.6 is 0 Å². The predicted molar refractivity (Wildman–Crippen MR) is 48.4 cm³/mol. The molecule has 84 valence electrons. The summed E-state index contributed by atoms with van der Waals surface area (Å²) >= 11 is 0. The number of hydrogen-bond donors (Lipinski definition) is 4. The quantitative estimate of drug-likeness (QED) is 0.294. The maximum absolute atomic E-state index is 10.4. The average Bonchev–Trinajstić information content (AvgIpc) is 2.13. The van der Waals surface area contributed by atoms with Crippen molar-refractivity contribution >= 4 is 6.29 Å². The van der Waals surface area contributed by atoms with Gasteiger partial charge in [-0.15, -0.1) is 0 Å². The molecule has 0 fully saturated rings. The van der Waals surface area contributed by atoms with Crippen molar-refractivity contribution in [3.63, 3.8) is 0 Å². The molecule has 0 aromatic heterocycles. The van der Waals surface area contributed by atoms with E-state index in [0.717, 1.165) is 4.90 Å². The van der Waals surface area contributed by atoms with E-state index in [9.17, 15) is 20.1 Å². The molecular weight excluding hydrogens is 190 g/mol. The van der Waals surface area contributed by atoms with Gasteiger partial charge in [0.15, 0.2) is 18.1 Å².